The molecule has 82 valence electrons. The van der Waals surface area contributed by atoms with Crippen molar-refractivity contribution in [3.63, 3.8) is 0 Å². The number of allylic oxidation sites excluding steroid dienone is 2. The van der Waals surface area contributed by atoms with Crippen molar-refractivity contribution in [2.75, 3.05) is 7.11 Å². The second-order valence-corrected chi connectivity index (χ2v) is 3.64. The molecule has 1 heterocycles. The third-order valence-corrected chi connectivity index (χ3v) is 2.22. The Labute approximate surface area is 94.2 Å². The van der Waals surface area contributed by atoms with Crippen LogP contribution in [0, 0.1) is 5.41 Å². The predicted molar refractivity (Wildman–Crippen MR) is 62.5 cm³/mol. The average molecular weight is 228 g/mol. The van der Waals surface area contributed by atoms with E-state index in [0.717, 1.165) is 11.3 Å². The van der Waals surface area contributed by atoms with Gasteiger partial charge in [-0.05, 0) is 19.4 Å². The molecule has 0 aliphatic carbocycles. The highest BCUT2D eigenvalue weighted by molar-refractivity contribution is 6.67. The number of hydrogen-bond acceptors (Lipinski definition) is 4. The second-order valence-electron chi connectivity index (χ2n) is 3.24. The van der Waals surface area contributed by atoms with E-state index in [4.69, 9.17) is 21.7 Å². The minimum atomic E-state index is -0.0568. The van der Waals surface area contributed by atoms with Crippen LogP contribution in [0.1, 0.15) is 13.8 Å². The predicted octanol–water partition coefficient (Wildman–Crippen LogP) is 2.03. The Morgan fingerprint density at radius 3 is 2.93 bits per heavy atom. The molecule has 2 N–H and O–H groups in total. The summed E-state index contributed by atoms with van der Waals surface area (Å²) in [5.74, 6) is 0.555. The van der Waals surface area contributed by atoms with Gasteiger partial charge >= 0.3 is 0 Å². The van der Waals surface area contributed by atoms with E-state index >= 15 is 0 Å². The van der Waals surface area contributed by atoms with Crippen molar-refractivity contribution in [3.05, 3.63) is 23.2 Å². The molecule has 0 unspecified atom stereocenters. The highest BCUT2D eigenvalue weighted by Gasteiger charge is 2.14. The lowest BCUT2D eigenvalue weighted by molar-refractivity contribution is 0.141. The maximum atomic E-state index is 7.13. The number of hydrogen-bond donors (Lipinski definition) is 2. The summed E-state index contributed by atoms with van der Waals surface area (Å²) in [6.45, 7) is 3.89. The molecule has 0 saturated heterocycles. The van der Waals surface area contributed by atoms with E-state index in [1.165, 1.54) is 6.08 Å². The molecule has 1 rings (SSSR count). The first-order valence-electron chi connectivity index (χ1n) is 4.55. The van der Waals surface area contributed by atoms with E-state index < -0.39 is 0 Å². The second kappa shape index (κ2) is 5.09. The van der Waals surface area contributed by atoms with Gasteiger partial charge in [-0.3, -0.25) is 5.41 Å². The van der Waals surface area contributed by atoms with Gasteiger partial charge in [-0.2, -0.15) is 0 Å². The van der Waals surface area contributed by atoms with Gasteiger partial charge in [0, 0.05) is 25.1 Å². The molecule has 0 saturated carbocycles. The summed E-state index contributed by atoms with van der Waals surface area (Å²) in [5, 5.41) is 10.1. The van der Waals surface area contributed by atoms with E-state index in [9.17, 15) is 0 Å². The Morgan fingerprint density at radius 2 is 2.40 bits per heavy atom. The molecule has 0 radical (unpaired) electrons. The van der Waals surface area contributed by atoms with Crippen molar-refractivity contribution in [1.29, 1.82) is 5.41 Å². The highest BCUT2D eigenvalue weighted by atomic mass is 35.5. The highest BCUT2D eigenvalue weighted by Crippen LogP contribution is 2.14. The fourth-order valence-corrected chi connectivity index (χ4v) is 1.34. The lowest BCUT2D eigenvalue weighted by atomic mass is 10.1. The summed E-state index contributed by atoms with van der Waals surface area (Å²) < 4.78 is 5.22. The zero-order valence-electron chi connectivity index (χ0n) is 8.97. The standard InChI is InChI=1S/C10H14ClN3O/c1-6-5-13-9(4-8(11)12)14-10(6)7(2)15-3/h4-5,7,12,14H,1-3H3/b9-4-,12-8?/t7-/m0/s1. The van der Waals surface area contributed by atoms with E-state index in [2.05, 4.69) is 10.3 Å². The Hall–Kier alpha value is -1.13. The topological polar surface area (TPSA) is 57.5 Å². The van der Waals surface area contributed by atoms with Gasteiger partial charge in [-0.1, -0.05) is 11.6 Å². The molecule has 0 fully saturated rings. The fourth-order valence-electron chi connectivity index (χ4n) is 1.24. The number of aliphatic imine (C=N–C) groups is 1. The Morgan fingerprint density at radius 1 is 1.73 bits per heavy atom. The summed E-state index contributed by atoms with van der Waals surface area (Å²) in [7, 11) is 1.64. The third kappa shape index (κ3) is 3.18. The third-order valence-electron chi connectivity index (χ3n) is 2.11. The van der Waals surface area contributed by atoms with Crippen molar-refractivity contribution in [2.24, 2.45) is 4.99 Å². The molecule has 1 aliphatic rings. The van der Waals surface area contributed by atoms with Crippen LogP contribution in [-0.4, -0.2) is 24.6 Å². The molecule has 0 aromatic carbocycles. The van der Waals surface area contributed by atoms with Gasteiger partial charge in [-0.15, -0.1) is 0 Å². The van der Waals surface area contributed by atoms with Gasteiger partial charge < -0.3 is 10.1 Å². The molecular formula is C10H14ClN3O. The van der Waals surface area contributed by atoms with Gasteiger partial charge in [0.2, 0.25) is 0 Å². The van der Waals surface area contributed by atoms with Gasteiger partial charge in [0.25, 0.3) is 0 Å². The summed E-state index contributed by atoms with van der Waals surface area (Å²) in [5.41, 5.74) is 1.96. The molecule has 1 atom stereocenters. The number of ether oxygens (including phenoxy) is 1. The zero-order chi connectivity index (χ0) is 11.4. The van der Waals surface area contributed by atoms with E-state index in [-0.39, 0.29) is 11.3 Å². The SMILES string of the molecule is CO[C@@H](C)C1=C(C)C=N/C(=C/C(=N)Cl)N1. The van der Waals surface area contributed by atoms with Crippen LogP contribution in [0.15, 0.2) is 28.2 Å². The average Bonchev–Trinajstić information content (AvgIpc) is 2.19. The normalized spacial score (nSPS) is 20.4. The minimum Gasteiger partial charge on any atom is -0.376 e. The van der Waals surface area contributed by atoms with E-state index in [0.29, 0.717) is 5.82 Å². The largest absolute Gasteiger partial charge is 0.376 e. The van der Waals surface area contributed by atoms with Crippen molar-refractivity contribution in [1.82, 2.24) is 5.32 Å². The van der Waals surface area contributed by atoms with Gasteiger partial charge in [-0.25, -0.2) is 4.99 Å². The van der Waals surface area contributed by atoms with Crippen molar-refractivity contribution in [2.45, 2.75) is 20.0 Å². The number of methoxy groups -OCH3 is 1. The fraction of sp³-hybridized carbons (Fsp3) is 0.400. The molecule has 5 heteroatoms. The molecule has 0 bridgehead atoms. The number of nitrogens with zero attached hydrogens (tertiary/aromatic N) is 1. The number of nitrogens with one attached hydrogen (secondary N) is 2. The van der Waals surface area contributed by atoms with Crippen molar-refractivity contribution >= 4 is 23.0 Å². The van der Waals surface area contributed by atoms with Crippen LogP contribution in [0.2, 0.25) is 0 Å². The van der Waals surface area contributed by atoms with Crippen LogP contribution >= 0.6 is 11.6 Å². The Balaban J connectivity index is 2.89. The van der Waals surface area contributed by atoms with E-state index in [1.807, 2.05) is 13.8 Å². The molecule has 15 heavy (non-hydrogen) atoms. The molecule has 4 nitrogen and oxygen atoms in total. The zero-order valence-corrected chi connectivity index (χ0v) is 9.72. The molecule has 0 amide bonds. The lowest BCUT2D eigenvalue weighted by Gasteiger charge is -2.21. The minimum absolute atomic E-state index is 0.0374. The van der Waals surface area contributed by atoms with Crippen LogP contribution in [0.3, 0.4) is 0 Å². The van der Waals surface area contributed by atoms with Crippen LogP contribution in [0.4, 0.5) is 0 Å². The summed E-state index contributed by atoms with van der Waals surface area (Å²) >= 11 is 5.45. The van der Waals surface area contributed by atoms with Crippen molar-refractivity contribution in [3.8, 4) is 0 Å². The van der Waals surface area contributed by atoms with Gasteiger partial charge in [0.05, 0.1) is 6.10 Å². The maximum absolute atomic E-state index is 7.13. The monoisotopic (exact) mass is 227 g/mol. The number of rotatable bonds is 3. The summed E-state index contributed by atoms with van der Waals surface area (Å²) in [6, 6.07) is 0. The molecule has 0 spiro atoms. The van der Waals surface area contributed by atoms with Crippen molar-refractivity contribution < 1.29 is 4.74 Å². The first-order valence-corrected chi connectivity index (χ1v) is 4.92. The number of halogens is 1. The summed E-state index contributed by atoms with van der Waals surface area (Å²) in [6.07, 6.45) is 3.14. The van der Waals surface area contributed by atoms with Crippen LogP contribution < -0.4 is 5.32 Å². The Kier molecular flexibility index (Phi) is 4.05. The smallest absolute Gasteiger partial charge is 0.133 e. The van der Waals surface area contributed by atoms with E-state index in [1.54, 1.807) is 13.3 Å². The van der Waals surface area contributed by atoms with Gasteiger partial charge in [0.15, 0.2) is 0 Å². The lowest BCUT2D eigenvalue weighted by Crippen LogP contribution is -2.27. The molecular weight excluding hydrogens is 214 g/mol. The van der Waals surface area contributed by atoms with Crippen LogP contribution in [0.25, 0.3) is 0 Å². The van der Waals surface area contributed by atoms with Crippen LogP contribution in [0.5, 0.6) is 0 Å². The van der Waals surface area contributed by atoms with Crippen LogP contribution in [-0.2, 0) is 4.74 Å². The molecule has 0 aromatic heterocycles. The molecule has 1 aliphatic heterocycles. The summed E-state index contributed by atoms with van der Waals surface area (Å²) in [4.78, 5) is 4.10. The quantitative estimate of drug-likeness (QED) is 0.725. The maximum Gasteiger partial charge on any atom is 0.133 e. The Bertz CT molecular complexity index is 358. The molecule has 0 aromatic rings. The first-order chi connectivity index (χ1) is 7.04. The first kappa shape index (κ1) is 11.9. The van der Waals surface area contributed by atoms with Gasteiger partial charge in [0.1, 0.15) is 11.0 Å².